The minimum atomic E-state index is 0.267. The molecule has 0 aliphatic heterocycles. The second-order valence-electron chi connectivity index (χ2n) is 6.35. The Labute approximate surface area is 111 Å². The fourth-order valence-corrected chi connectivity index (χ4v) is 3.15. The van der Waals surface area contributed by atoms with Gasteiger partial charge in [0, 0.05) is 24.9 Å². The third kappa shape index (κ3) is 4.27. The maximum Gasteiger partial charge on any atom is 0.220 e. The van der Waals surface area contributed by atoms with Crippen LogP contribution in [0.15, 0.2) is 0 Å². The molecule has 2 aliphatic rings. The summed E-state index contributed by atoms with van der Waals surface area (Å²) >= 11 is 0. The summed E-state index contributed by atoms with van der Waals surface area (Å²) in [7, 11) is 1.99. The average molecular weight is 252 g/mol. The summed E-state index contributed by atoms with van der Waals surface area (Å²) in [5.41, 5.74) is 0.384. The van der Waals surface area contributed by atoms with Crippen LogP contribution in [0.1, 0.15) is 57.8 Å². The first-order chi connectivity index (χ1) is 8.74. The van der Waals surface area contributed by atoms with Gasteiger partial charge in [-0.25, -0.2) is 0 Å². The van der Waals surface area contributed by atoms with E-state index in [0.717, 1.165) is 31.8 Å². The van der Waals surface area contributed by atoms with Gasteiger partial charge in [0.25, 0.3) is 0 Å². The smallest absolute Gasteiger partial charge is 0.220 e. The minimum Gasteiger partial charge on any atom is -0.355 e. The molecule has 0 unspecified atom stereocenters. The molecule has 18 heavy (non-hydrogen) atoms. The molecule has 1 amide bonds. The van der Waals surface area contributed by atoms with E-state index in [1.807, 2.05) is 7.05 Å². The molecule has 104 valence electrons. The van der Waals surface area contributed by atoms with E-state index in [2.05, 4.69) is 10.6 Å². The van der Waals surface area contributed by atoms with Crippen molar-refractivity contribution >= 4 is 5.91 Å². The lowest BCUT2D eigenvalue weighted by molar-refractivity contribution is -0.121. The van der Waals surface area contributed by atoms with Crippen molar-refractivity contribution in [3.05, 3.63) is 0 Å². The van der Waals surface area contributed by atoms with Crippen LogP contribution < -0.4 is 10.6 Å². The molecule has 0 aromatic rings. The van der Waals surface area contributed by atoms with Crippen LogP contribution in [0.25, 0.3) is 0 Å². The normalized spacial score (nSPS) is 22.7. The largest absolute Gasteiger partial charge is 0.355 e. The molecule has 0 radical (unpaired) electrons. The van der Waals surface area contributed by atoms with Crippen LogP contribution in [-0.4, -0.2) is 26.0 Å². The van der Waals surface area contributed by atoms with Gasteiger partial charge in [-0.05, 0) is 32.2 Å². The van der Waals surface area contributed by atoms with E-state index >= 15 is 0 Å². The minimum absolute atomic E-state index is 0.267. The van der Waals surface area contributed by atoms with Gasteiger partial charge in [-0.2, -0.15) is 0 Å². The Morgan fingerprint density at radius 1 is 1.17 bits per heavy atom. The molecule has 0 spiro atoms. The Balaban J connectivity index is 1.57. The van der Waals surface area contributed by atoms with Crippen LogP contribution in [0.5, 0.6) is 0 Å². The van der Waals surface area contributed by atoms with E-state index < -0.39 is 0 Å². The lowest BCUT2D eigenvalue weighted by atomic mass is 9.86. The van der Waals surface area contributed by atoms with E-state index in [1.54, 1.807) is 0 Å². The lowest BCUT2D eigenvalue weighted by Gasteiger charge is -2.21. The van der Waals surface area contributed by atoms with Gasteiger partial charge in [-0.15, -0.1) is 0 Å². The molecule has 0 bridgehead atoms. The molecule has 0 atom stereocenters. The van der Waals surface area contributed by atoms with E-state index in [1.165, 1.54) is 44.9 Å². The van der Waals surface area contributed by atoms with Gasteiger partial charge in [0.2, 0.25) is 5.91 Å². The maximum atomic E-state index is 11.8. The van der Waals surface area contributed by atoms with Crippen LogP contribution >= 0.6 is 0 Å². The molecule has 0 saturated heterocycles. The quantitative estimate of drug-likeness (QED) is 0.731. The SMILES string of the molecule is CNCC1(CNC(=O)CCC2CCCCC2)CC1. The van der Waals surface area contributed by atoms with Crippen LogP contribution in [0.4, 0.5) is 0 Å². The number of amides is 1. The average Bonchev–Trinajstić information content (AvgIpc) is 3.16. The van der Waals surface area contributed by atoms with Crippen LogP contribution in [-0.2, 0) is 4.79 Å². The van der Waals surface area contributed by atoms with Crippen molar-refractivity contribution in [2.45, 2.75) is 57.8 Å². The van der Waals surface area contributed by atoms with Gasteiger partial charge >= 0.3 is 0 Å². The Bertz CT molecular complexity index is 268. The zero-order chi connectivity index (χ0) is 12.8. The number of rotatable bonds is 7. The first-order valence-electron chi connectivity index (χ1n) is 7.65. The molecule has 0 heterocycles. The monoisotopic (exact) mass is 252 g/mol. The van der Waals surface area contributed by atoms with E-state index in [-0.39, 0.29) is 5.91 Å². The summed E-state index contributed by atoms with van der Waals surface area (Å²) in [6, 6.07) is 0. The Hall–Kier alpha value is -0.570. The molecule has 2 rings (SSSR count). The number of carbonyl (C=O) groups excluding carboxylic acids is 1. The second-order valence-corrected chi connectivity index (χ2v) is 6.35. The predicted molar refractivity (Wildman–Crippen MR) is 74.4 cm³/mol. The van der Waals surface area contributed by atoms with Gasteiger partial charge in [0.1, 0.15) is 0 Å². The highest BCUT2D eigenvalue weighted by Crippen LogP contribution is 2.44. The number of carbonyl (C=O) groups is 1. The topological polar surface area (TPSA) is 41.1 Å². The third-order valence-electron chi connectivity index (χ3n) is 4.67. The summed E-state index contributed by atoms with van der Waals surface area (Å²) in [5.74, 6) is 1.08. The first-order valence-corrected chi connectivity index (χ1v) is 7.65. The Kier molecular flexibility index (Phi) is 5.04. The molecule has 2 saturated carbocycles. The third-order valence-corrected chi connectivity index (χ3v) is 4.67. The van der Waals surface area contributed by atoms with Crippen molar-refractivity contribution in [3.63, 3.8) is 0 Å². The first kappa shape index (κ1) is 13.9. The molecule has 2 fully saturated rings. The van der Waals surface area contributed by atoms with E-state index in [0.29, 0.717) is 5.41 Å². The number of hydrogen-bond acceptors (Lipinski definition) is 2. The summed E-state index contributed by atoms with van der Waals surface area (Å²) in [6.07, 6.45) is 11.2. The number of nitrogens with one attached hydrogen (secondary N) is 2. The van der Waals surface area contributed by atoms with Gasteiger partial charge in [-0.3, -0.25) is 4.79 Å². The van der Waals surface area contributed by atoms with E-state index in [9.17, 15) is 4.79 Å². The van der Waals surface area contributed by atoms with Crippen molar-refractivity contribution in [1.82, 2.24) is 10.6 Å². The molecule has 0 aromatic carbocycles. The highest BCUT2D eigenvalue weighted by molar-refractivity contribution is 5.75. The maximum absolute atomic E-state index is 11.8. The van der Waals surface area contributed by atoms with Crippen LogP contribution in [0.2, 0.25) is 0 Å². The Morgan fingerprint density at radius 3 is 2.50 bits per heavy atom. The number of hydrogen-bond donors (Lipinski definition) is 2. The summed E-state index contributed by atoms with van der Waals surface area (Å²) < 4.78 is 0. The molecule has 2 N–H and O–H groups in total. The zero-order valence-corrected chi connectivity index (χ0v) is 11.8. The van der Waals surface area contributed by atoms with Gasteiger partial charge in [-0.1, -0.05) is 32.1 Å². The predicted octanol–water partition coefficient (Wildman–Crippen LogP) is 2.46. The van der Waals surface area contributed by atoms with Crippen molar-refractivity contribution in [2.24, 2.45) is 11.3 Å². The molecular formula is C15H28N2O. The molecule has 0 aromatic heterocycles. The lowest BCUT2D eigenvalue weighted by Crippen LogP contribution is -2.35. The molecule has 3 nitrogen and oxygen atoms in total. The van der Waals surface area contributed by atoms with E-state index in [4.69, 9.17) is 0 Å². The van der Waals surface area contributed by atoms with Gasteiger partial charge < -0.3 is 10.6 Å². The summed E-state index contributed by atoms with van der Waals surface area (Å²) in [4.78, 5) is 11.8. The Morgan fingerprint density at radius 2 is 1.89 bits per heavy atom. The highest BCUT2D eigenvalue weighted by Gasteiger charge is 2.41. The van der Waals surface area contributed by atoms with Crippen molar-refractivity contribution < 1.29 is 4.79 Å². The fraction of sp³-hybridized carbons (Fsp3) is 0.933. The molecule has 2 aliphatic carbocycles. The van der Waals surface area contributed by atoms with Crippen molar-refractivity contribution in [1.29, 1.82) is 0 Å². The van der Waals surface area contributed by atoms with Gasteiger partial charge in [0.05, 0.1) is 0 Å². The highest BCUT2D eigenvalue weighted by atomic mass is 16.1. The zero-order valence-electron chi connectivity index (χ0n) is 11.8. The summed E-state index contributed by atoms with van der Waals surface area (Å²) in [6.45, 7) is 1.91. The van der Waals surface area contributed by atoms with Crippen molar-refractivity contribution in [3.8, 4) is 0 Å². The summed E-state index contributed by atoms with van der Waals surface area (Å²) in [5, 5.41) is 6.36. The fourth-order valence-electron chi connectivity index (χ4n) is 3.15. The van der Waals surface area contributed by atoms with Crippen molar-refractivity contribution in [2.75, 3.05) is 20.1 Å². The van der Waals surface area contributed by atoms with Gasteiger partial charge in [0.15, 0.2) is 0 Å². The molecule has 3 heteroatoms. The second kappa shape index (κ2) is 6.55. The van der Waals surface area contributed by atoms with Crippen LogP contribution in [0.3, 0.4) is 0 Å². The van der Waals surface area contributed by atoms with Crippen LogP contribution in [0, 0.1) is 11.3 Å². The molecular weight excluding hydrogens is 224 g/mol. The standard InChI is InChI=1S/C15H28N2O/c1-16-11-15(9-10-15)12-17-14(18)8-7-13-5-3-2-4-6-13/h13,16H,2-12H2,1H3,(H,17,18).